The summed E-state index contributed by atoms with van der Waals surface area (Å²) in [4.78, 5) is 17.8. The van der Waals surface area contributed by atoms with E-state index in [0.29, 0.717) is 28.1 Å². The molecule has 0 aliphatic rings. The van der Waals surface area contributed by atoms with Crippen molar-refractivity contribution in [3.63, 3.8) is 0 Å². The summed E-state index contributed by atoms with van der Waals surface area (Å²) in [6, 6.07) is 22.8. The zero-order valence-corrected chi connectivity index (χ0v) is 20.4. The highest BCUT2D eigenvalue weighted by Crippen LogP contribution is 2.32. The predicted octanol–water partition coefficient (Wildman–Crippen LogP) is 8.44. The first-order valence-corrected chi connectivity index (χ1v) is 11.8. The lowest BCUT2D eigenvalue weighted by atomic mass is 10.0. The van der Waals surface area contributed by atoms with Crippen molar-refractivity contribution in [3.8, 4) is 11.5 Å². The summed E-state index contributed by atoms with van der Waals surface area (Å²) in [5.41, 5.74) is 4.52. The number of hydrogen-bond donors (Lipinski definition) is 1. The van der Waals surface area contributed by atoms with Gasteiger partial charge in [-0.15, -0.1) is 0 Å². The largest absolute Gasteiger partial charge is 0.436 e. The van der Waals surface area contributed by atoms with E-state index in [4.69, 9.17) is 16.0 Å². The molecule has 6 heteroatoms. The molecular weight excluding hydrogens is 500 g/mol. The number of nitrogens with one attached hydrogen (secondary N) is 1. The van der Waals surface area contributed by atoms with Crippen molar-refractivity contribution in [1.29, 1.82) is 0 Å². The summed E-state index contributed by atoms with van der Waals surface area (Å²) in [6.45, 7) is 4.29. The van der Waals surface area contributed by atoms with E-state index < -0.39 is 0 Å². The van der Waals surface area contributed by atoms with Gasteiger partial charge >= 0.3 is 0 Å². The van der Waals surface area contributed by atoms with Crippen molar-refractivity contribution in [2.45, 2.75) is 19.8 Å². The van der Waals surface area contributed by atoms with Gasteiger partial charge in [-0.25, -0.2) is 4.98 Å². The standard InChI is InChI=1S/C27H20BrClN2O2/c1-15(2)16-10-12-25-24(13-16)31-27(33-25)17-9-11-22(29)23(14-17)30-26(32)20-7-3-6-19-18(20)5-4-8-21(19)28/h3-15H,1-2H3,(H,30,32). The summed E-state index contributed by atoms with van der Waals surface area (Å²) in [7, 11) is 0. The van der Waals surface area contributed by atoms with Crippen LogP contribution in [-0.2, 0) is 0 Å². The second-order valence-electron chi connectivity index (χ2n) is 8.19. The van der Waals surface area contributed by atoms with Crippen molar-refractivity contribution >= 4 is 61.0 Å². The fourth-order valence-electron chi connectivity index (χ4n) is 3.84. The van der Waals surface area contributed by atoms with Crippen molar-refractivity contribution in [2.24, 2.45) is 0 Å². The van der Waals surface area contributed by atoms with E-state index in [1.807, 2.05) is 48.5 Å². The summed E-state index contributed by atoms with van der Waals surface area (Å²) >= 11 is 9.97. The van der Waals surface area contributed by atoms with Gasteiger partial charge in [-0.3, -0.25) is 4.79 Å². The summed E-state index contributed by atoms with van der Waals surface area (Å²) in [5.74, 6) is 0.644. The van der Waals surface area contributed by atoms with Crippen LogP contribution in [0, 0.1) is 0 Å². The van der Waals surface area contributed by atoms with E-state index >= 15 is 0 Å². The highest BCUT2D eigenvalue weighted by atomic mass is 79.9. The number of carbonyl (C=O) groups excluding carboxylic acids is 1. The first-order chi connectivity index (χ1) is 15.9. The van der Waals surface area contributed by atoms with E-state index in [0.717, 1.165) is 31.9 Å². The minimum absolute atomic E-state index is 0.239. The number of nitrogens with zero attached hydrogens (tertiary/aromatic N) is 1. The fraction of sp³-hybridized carbons (Fsp3) is 0.111. The Labute approximate surface area is 204 Å². The monoisotopic (exact) mass is 518 g/mol. The molecule has 5 aromatic rings. The van der Waals surface area contributed by atoms with Crippen LogP contribution in [0.4, 0.5) is 5.69 Å². The average Bonchev–Trinajstić information content (AvgIpc) is 3.24. The number of halogens is 2. The van der Waals surface area contributed by atoms with Gasteiger partial charge in [0.25, 0.3) is 5.91 Å². The van der Waals surface area contributed by atoms with Crippen LogP contribution >= 0.6 is 27.5 Å². The lowest BCUT2D eigenvalue weighted by molar-refractivity contribution is 0.102. The van der Waals surface area contributed by atoms with Gasteiger partial charge in [-0.2, -0.15) is 0 Å². The molecule has 0 atom stereocenters. The minimum atomic E-state index is -0.239. The molecule has 0 aliphatic heterocycles. The van der Waals surface area contributed by atoms with Gasteiger partial charge in [0.2, 0.25) is 5.89 Å². The Kier molecular flexibility index (Phi) is 5.69. The van der Waals surface area contributed by atoms with Gasteiger partial charge in [-0.1, -0.05) is 71.7 Å². The Balaban J connectivity index is 1.49. The van der Waals surface area contributed by atoms with Crippen molar-refractivity contribution in [1.82, 2.24) is 4.98 Å². The average molecular weight is 520 g/mol. The molecule has 1 amide bonds. The van der Waals surface area contributed by atoms with Crippen LogP contribution in [0.25, 0.3) is 33.3 Å². The maximum atomic E-state index is 13.2. The van der Waals surface area contributed by atoms with Crippen molar-refractivity contribution < 1.29 is 9.21 Å². The van der Waals surface area contributed by atoms with Crippen LogP contribution in [0.2, 0.25) is 5.02 Å². The zero-order valence-electron chi connectivity index (χ0n) is 18.0. The van der Waals surface area contributed by atoms with Crippen molar-refractivity contribution in [2.75, 3.05) is 5.32 Å². The molecule has 0 radical (unpaired) electrons. The number of oxazole rings is 1. The number of hydrogen-bond acceptors (Lipinski definition) is 3. The van der Waals surface area contributed by atoms with Crippen LogP contribution in [-0.4, -0.2) is 10.9 Å². The highest BCUT2D eigenvalue weighted by Gasteiger charge is 2.16. The van der Waals surface area contributed by atoms with Gasteiger partial charge in [0.05, 0.1) is 10.7 Å². The Bertz CT molecular complexity index is 1520. The summed E-state index contributed by atoms with van der Waals surface area (Å²) in [5, 5.41) is 5.21. The molecule has 0 spiro atoms. The maximum absolute atomic E-state index is 13.2. The zero-order chi connectivity index (χ0) is 23.1. The molecule has 0 fully saturated rings. The van der Waals surface area contributed by atoms with Crippen LogP contribution < -0.4 is 5.32 Å². The summed E-state index contributed by atoms with van der Waals surface area (Å²) in [6.07, 6.45) is 0. The number of aromatic nitrogens is 1. The van der Waals surface area contributed by atoms with E-state index in [9.17, 15) is 4.79 Å². The molecule has 1 N–H and O–H groups in total. The van der Waals surface area contributed by atoms with E-state index in [1.165, 1.54) is 5.56 Å². The number of fused-ring (bicyclic) bond motifs is 2. The van der Waals surface area contributed by atoms with Crippen LogP contribution in [0.1, 0.15) is 35.7 Å². The first-order valence-electron chi connectivity index (χ1n) is 10.6. The second-order valence-corrected chi connectivity index (χ2v) is 9.45. The Morgan fingerprint density at radius 2 is 1.79 bits per heavy atom. The van der Waals surface area contributed by atoms with E-state index in [2.05, 4.69) is 46.1 Å². The highest BCUT2D eigenvalue weighted by molar-refractivity contribution is 9.10. The van der Waals surface area contributed by atoms with E-state index in [-0.39, 0.29) is 5.91 Å². The lowest BCUT2D eigenvalue weighted by Gasteiger charge is -2.11. The minimum Gasteiger partial charge on any atom is -0.436 e. The molecule has 5 rings (SSSR count). The molecule has 1 aromatic heterocycles. The van der Waals surface area contributed by atoms with Crippen LogP contribution in [0.5, 0.6) is 0 Å². The Hall–Kier alpha value is -3.15. The molecule has 1 heterocycles. The van der Waals surface area contributed by atoms with Crippen molar-refractivity contribution in [3.05, 3.63) is 93.4 Å². The van der Waals surface area contributed by atoms with Crippen LogP contribution in [0.15, 0.2) is 81.7 Å². The molecular formula is C27H20BrClN2O2. The van der Waals surface area contributed by atoms with E-state index in [1.54, 1.807) is 18.2 Å². The van der Waals surface area contributed by atoms with Crippen LogP contribution in [0.3, 0.4) is 0 Å². The van der Waals surface area contributed by atoms with Gasteiger partial charge in [0.15, 0.2) is 5.58 Å². The third-order valence-electron chi connectivity index (χ3n) is 5.65. The third-order valence-corrected chi connectivity index (χ3v) is 6.67. The molecule has 4 aromatic carbocycles. The molecule has 0 saturated heterocycles. The normalized spacial score (nSPS) is 11.4. The van der Waals surface area contributed by atoms with Gasteiger partial charge in [0.1, 0.15) is 5.52 Å². The number of benzene rings is 4. The number of anilines is 1. The topological polar surface area (TPSA) is 55.1 Å². The Morgan fingerprint density at radius 3 is 2.61 bits per heavy atom. The van der Waals surface area contributed by atoms with Gasteiger partial charge in [-0.05, 0) is 64.7 Å². The molecule has 0 aliphatic carbocycles. The fourth-order valence-corrected chi connectivity index (χ4v) is 4.50. The van der Waals surface area contributed by atoms with Gasteiger partial charge < -0.3 is 9.73 Å². The molecule has 0 unspecified atom stereocenters. The van der Waals surface area contributed by atoms with Gasteiger partial charge in [0, 0.05) is 15.6 Å². The second kappa shape index (κ2) is 8.65. The maximum Gasteiger partial charge on any atom is 0.256 e. The molecule has 4 nitrogen and oxygen atoms in total. The smallest absolute Gasteiger partial charge is 0.256 e. The Morgan fingerprint density at radius 1 is 1.00 bits per heavy atom. The predicted molar refractivity (Wildman–Crippen MR) is 138 cm³/mol. The lowest BCUT2D eigenvalue weighted by Crippen LogP contribution is -2.12. The first kappa shape index (κ1) is 21.7. The quantitative estimate of drug-likeness (QED) is 0.259. The molecule has 164 valence electrons. The number of rotatable bonds is 4. The molecule has 33 heavy (non-hydrogen) atoms. The SMILES string of the molecule is CC(C)c1ccc2oc(-c3ccc(Cl)c(NC(=O)c4cccc5c(Br)cccc45)c3)nc2c1. The number of carbonyl (C=O) groups is 1. The summed E-state index contributed by atoms with van der Waals surface area (Å²) < 4.78 is 6.91. The third kappa shape index (κ3) is 4.14. The molecule has 0 bridgehead atoms. The molecule has 0 saturated carbocycles. The number of amides is 1.